The summed E-state index contributed by atoms with van der Waals surface area (Å²) < 4.78 is 2.16. The van der Waals surface area contributed by atoms with Crippen molar-refractivity contribution in [2.45, 2.75) is 78.6 Å². The number of aromatic hydroxyl groups is 1. The molecule has 0 unspecified atom stereocenters. The van der Waals surface area contributed by atoms with Crippen LogP contribution in [0.3, 0.4) is 0 Å². The minimum atomic E-state index is 0. The van der Waals surface area contributed by atoms with Crippen LogP contribution >= 0.6 is 0 Å². The lowest BCUT2D eigenvalue weighted by molar-refractivity contribution is 0.146. The van der Waals surface area contributed by atoms with E-state index >= 15 is 0 Å². The predicted molar refractivity (Wildman–Crippen MR) is 118 cm³/mol. The molecular formula is C22H40N4O3. The van der Waals surface area contributed by atoms with Gasteiger partial charge in [-0.15, -0.1) is 0 Å². The molecule has 1 aromatic rings. The second-order valence-electron chi connectivity index (χ2n) is 9.10. The van der Waals surface area contributed by atoms with Crippen LogP contribution in [0.1, 0.15) is 54.4 Å². The molecule has 4 atom stereocenters. The second kappa shape index (κ2) is 9.58. The number of hydrogen-bond acceptors (Lipinski definition) is 6. The van der Waals surface area contributed by atoms with E-state index in [9.17, 15) is 9.90 Å². The number of piperazine rings is 2. The molecule has 0 amide bonds. The lowest BCUT2D eigenvalue weighted by atomic mass is 10.0. The summed E-state index contributed by atoms with van der Waals surface area (Å²) in [5, 5.41) is 11.5. The Morgan fingerprint density at radius 3 is 1.76 bits per heavy atom. The van der Waals surface area contributed by atoms with E-state index in [-0.39, 0.29) is 40.8 Å². The normalized spacial score (nSPS) is 31.2. The highest BCUT2D eigenvalue weighted by Gasteiger charge is 2.41. The highest BCUT2D eigenvalue weighted by Crippen LogP contribution is 2.29. The Morgan fingerprint density at radius 2 is 1.34 bits per heavy atom. The van der Waals surface area contributed by atoms with E-state index in [4.69, 9.17) is 0 Å². The summed E-state index contributed by atoms with van der Waals surface area (Å²) in [4.78, 5) is 20.3. The van der Waals surface area contributed by atoms with Gasteiger partial charge in [0.2, 0.25) is 5.75 Å². The molecule has 2 heterocycles. The third-order valence-corrected chi connectivity index (χ3v) is 6.46. The van der Waals surface area contributed by atoms with Crippen molar-refractivity contribution in [3.63, 3.8) is 0 Å². The van der Waals surface area contributed by atoms with E-state index < -0.39 is 0 Å². The van der Waals surface area contributed by atoms with Gasteiger partial charge in [0.05, 0.1) is 13.1 Å². The Kier molecular flexibility index (Phi) is 7.87. The summed E-state index contributed by atoms with van der Waals surface area (Å²) in [6.45, 7) is 19.0. The van der Waals surface area contributed by atoms with Crippen LogP contribution in [-0.4, -0.2) is 83.8 Å². The second-order valence-corrected chi connectivity index (χ2v) is 9.10. The Morgan fingerprint density at radius 1 is 0.897 bits per heavy atom. The molecule has 2 saturated heterocycles. The van der Waals surface area contributed by atoms with Gasteiger partial charge in [-0.25, -0.2) is 4.58 Å². The maximum Gasteiger partial charge on any atom is 0.295 e. The standard InChI is InChI=1S/C22H38N4O2.H2O/c1-7-9-23-11-15(3)25(16(4)12-23)19-21(27)20(22(19)28)26-17(5)13-24(10-8-2)14-18(26)6;/h15-18H,7-14H2,1-6H3;1H2/t15-,16+,17-,18+;. The van der Waals surface area contributed by atoms with Crippen LogP contribution in [0.4, 0.5) is 5.69 Å². The molecule has 0 spiro atoms. The van der Waals surface area contributed by atoms with Crippen LogP contribution in [0.15, 0.2) is 4.79 Å². The highest BCUT2D eigenvalue weighted by atomic mass is 16.3. The summed E-state index contributed by atoms with van der Waals surface area (Å²) in [6, 6.07) is 0.923. The van der Waals surface area contributed by atoms with E-state index in [1.54, 1.807) is 0 Å². The molecular weight excluding hydrogens is 368 g/mol. The quantitative estimate of drug-likeness (QED) is 0.733. The molecule has 2 aliphatic heterocycles. The fourth-order valence-corrected chi connectivity index (χ4v) is 5.60. The minimum absolute atomic E-state index is 0. The van der Waals surface area contributed by atoms with Crippen LogP contribution in [0.5, 0.6) is 5.75 Å². The minimum Gasteiger partial charge on any atom is -0.870 e. The maximum absolute atomic E-state index is 13.2. The molecule has 7 heteroatoms. The average Bonchev–Trinajstić information content (AvgIpc) is 2.61. The third kappa shape index (κ3) is 4.37. The summed E-state index contributed by atoms with van der Waals surface area (Å²) in [6.07, 6.45) is 2.29. The Labute approximate surface area is 175 Å². The van der Waals surface area contributed by atoms with E-state index in [1.807, 2.05) is 0 Å². The van der Waals surface area contributed by atoms with E-state index in [0.717, 1.165) is 52.1 Å². The Balaban J connectivity index is 0.00000300. The molecule has 0 radical (unpaired) electrons. The molecule has 2 fully saturated rings. The molecule has 0 bridgehead atoms. The molecule has 2 aliphatic rings. The molecule has 1 aromatic carbocycles. The van der Waals surface area contributed by atoms with Crippen molar-refractivity contribution in [1.29, 1.82) is 0 Å². The summed E-state index contributed by atoms with van der Waals surface area (Å²) in [5.74, 6) is 0.218. The van der Waals surface area contributed by atoms with Gasteiger partial charge in [0, 0.05) is 25.2 Å². The molecule has 166 valence electrons. The zero-order valence-corrected chi connectivity index (χ0v) is 19.1. The van der Waals surface area contributed by atoms with Crippen molar-refractivity contribution in [2.24, 2.45) is 0 Å². The van der Waals surface area contributed by atoms with E-state index in [2.05, 4.69) is 60.8 Å². The van der Waals surface area contributed by atoms with Crippen LogP contribution < -0.4 is 20.3 Å². The van der Waals surface area contributed by atoms with Gasteiger partial charge in [-0.1, -0.05) is 13.8 Å². The average molecular weight is 409 g/mol. The van der Waals surface area contributed by atoms with Gasteiger partial charge in [-0.3, -0.25) is 14.6 Å². The zero-order chi connectivity index (χ0) is 20.6. The number of nitrogens with zero attached hydrogens (tertiary/aromatic N) is 4. The van der Waals surface area contributed by atoms with Crippen molar-refractivity contribution in [2.75, 3.05) is 44.2 Å². The van der Waals surface area contributed by atoms with Crippen molar-refractivity contribution < 1.29 is 10.6 Å². The highest BCUT2D eigenvalue weighted by molar-refractivity contribution is 5.64. The van der Waals surface area contributed by atoms with Crippen LogP contribution in [0.2, 0.25) is 0 Å². The lowest BCUT2D eigenvalue weighted by Crippen LogP contribution is -2.64. The molecule has 7 nitrogen and oxygen atoms in total. The SMILES string of the molecule is CCCN1C[C@@H](C)N(c2c(O)c(=[N+]3[C@H](C)CN(CCC)C[C@@H]3C)c2=O)[C@@H](C)C1.[OH-]. The van der Waals surface area contributed by atoms with Crippen molar-refractivity contribution in [3.8, 4) is 5.75 Å². The van der Waals surface area contributed by atoms with Gasteiger partial charge in [0.25, 0.3) is 10.8 Å². The molecule has 29 heavy (non-hydrogen) atoms. The smallest absolute Gasteiger partial charge is 0.295 e. The summed E-state index contributed by atoms with van der Waals surface area (Å²) in [7, 11) is 0. The van der Waals surface area contributed by atoms with E-state index in [1.165, 1.54) is 0 Å². The lowest BCUT2D eigenvalue weighted by Gasteiger charge is -2.46. The van der Waals surface area contributed by atoms with Crippen LogP contribution in [0.25, 0.3) is 0 Å². The molecule has 0 saturated carbocycles. The van der Waals surface area contributed by atoms with E-state index in [0.29, 0.717) is 11.0 Å². The molecule has 2 N–H and O–H groups in total. The topological polar surface area (TPSA) is 80.0 Å². The first-order valence-electron chi connectivity index (χ1n) is 11.2. The van der Waals surface area contributed by atoms with Crippen LogP contribution in [0, 0.1) is 0 Å². The van der Waals surface area contributed by atoms with Gasteiger partial charge in [0.1, 0.15) is 5.69 Å². The Hall–Kier alpha value is -1.44. The third-order valence-electron chi connectivity index (χ3n) is 6.46. The summed E-state index contributed by atoms with van der Waals surface area (Å²) in [5.41, 5.74) is 0.573. The predicted octanol–water partition coefficient (Wildman–Crippen LogP) is 1.04. The molecule has 0 aliphatic carbocycles. The van der Waals surface area contributed by atoms with Crippen molar-refractivity contribution >= 4 is 5.69 Å². The van der Waals surface area contributed by atoms with Gasteiger partial charge in [-0.2, -0.15) is 0 Å². The first-order valence-corrected chi connectivity index (χ1v) is 11.2. The van der Waals surface area contributed by atoms with Gasteiger partial charge in [-0.05, 0) is 53.6 Å². The fraction of sp³-hybridized carbons (Fsp3) is 0.818. The Bertz CT molecular complexity index is 745. The number of hydrogen-bond donors (Lipinski definition) is 1. The monoisotopic (exact) mass is 408 g/mol. The summed E-state index contributed by atoms with van der Waals surface area (Å²) >= 11 is 0. The van der Waals surface area contributed by atoms with Crippen molar-refractivity contribution in [3.05, 3.63) is 15.6 Å². The van der Waals surface area contributed by atoms with Gasteiger partial charge < -0.3 is 15.5 Å². The maximum atomic E-state index is 13.2. The van der Waals surface area contributed by atoms with Gasteiger partial charge >= 0.3 is 0 Å². The van der Waals surface area contributed by atoms with Crippen molar-refractivity contribution in [1.82, 2.24) is 14.4 Å². The van der Waals surface area contributed by atoms with Gasteiger partial charge in [0.15, 0.2) is 12.1 Å². The molecule has 3 rings (SSSR count). The largest absolute Gasteiger partial charge is 0.870 e. The van der Waals surface area contributed by atoms with Crippen LogP contribution in [-0.2, 0) is 0 Å². The number of anilines is 1. The number of rotatable bonds is 5. The molecule has 0 aromatic heterocycles. The first-order chi connectivity index (χ1) is 13.3. The first kappa shape index (κ1) is 23.8. The zero-order valence-electron chi connectivity index (χ0n) is 19.1. The fourth-order valence-electron chi connectivity index (χ4n) is 5.60.